The molecule has 3 fully saturated rings. The van der Waals surface area contributed by atoms with Gasteiger partial charge in [-0.05, 0) is 0 Å². The highest BCUT2D eigenvalue weighted by atomic mass is 16.7. The van der Waals surface area contributed by atoms with Gasteiger partial charge >= 0.3 is 0 Å². The largest absolute Gasteiger partial charge is 0.394 e. The summed E-state index contributed by atoms with van der Waals surface area (Å²) in [5.41, 5.74) is 11.7. The van der Waals surface area contributed by atoms with E-state index >= 15 is 0 Å². The first kappa shape index (κ1) is 25.1. The summed E-state index contributed by atoms with van der Waals surface area (Å²) in [5.74, 6) is 0. The lowest BCUT2D eigenvalue weighted by Crippen LogP contribution is -2.83. The van der Waals surface area contributed by atoms with Gasteiger partial charge in [0.25, 0.3) is 0 Å². The van der Waals surface area contributed by atoms with Crippen LogP contribution in [-0.2, 0) is 18.9 Å². The van der Waals surface area contributed by atoms with Gasteiger partial charge in [-0.25, -0.2) is 0 Å². The maximum Gasteiger partial charge on any atom is 0.214 e. The lowest BCUT2D eigenvalue weighted by molar-refractivity contribution is -0.533. The third kappa shape index (κ3) is 4.87. The Labute approximate surface area is 178 Å². The lowest BCUT2D eigenvalue weighted by atomic mass is 9.84. The normalized spacial score (nSPS) is 53.6. The molecule has 3 rings (SSSR count). The van der Waals surface area contributed by atoms with Crippen LogP contribution in [-0.4, -0.2) is 135 Å². The zero-order chi connectivity index (χ0) is 23.0. The van der Waals surface area contributed by atoms with Gasteiger partial charge < -0.3 is 71.9 Å². The molecule has 2 aliphatic heterocycles. The van der Waals surface area contributed by atoms with Gasteiger partial charge in [-0.1, -0.05) is 0 Å². The van der Waals surface area contributed by atoms with Crippen LogP contribution >= 0.6 is 0 Å². The van der Waals surface area contributed by atoms with Gasteiger partial charge in [0.2, 0.25) is 6.29 Å². The van der Waals surface area contributed by atoms with E-state index in [1.54, 1.807) is 0 Å². The van der Waals surface area contributed by atoms with Crippen LogP contribution in [0.15, 0.2) is 0 Å². The van der Waals surface area contributed by atoms with Gasteiger partial charge in [-0.3, -0.25) is 0 Å². The second-order valence-electron chi connectivity index (χ2n) is 8.53. The Morgan fingerprint density at radius 3 is 1.74 bits per heavy atom. The van der Waals surface area contributed by atoms with Crippen LogP contribution in [0.25, 0.3) is 0 Å². The summed E-state index contributed by atoms with van der Waals surface area (Å²) in [6, 6.07) is -1.86. The first-order valence-electron chi connectivity index (χ1n) is 10.3. The highest BCUT2D eigenvalue weighted by molar-refractivity contribution is 4.97. The fraction of sp³-hybridized carbons (Fsp3) is 1.00. The number of rotatable bonds is 6. The number of ether oxygens (including phenoxy) is 4. The summed E-state index contributed by atoms with van der Waals surface area (Å²) in [4.78, 5) is 0. The molecule has 1 saturated carbocycles. The van der Waals surface area contributed by atoms with Crippen molar-refractivity contribution in [2.45, 2.75) is 92.1 Å². The van der Waals surface area contributed by atoms with Gasteiger partial charge in [0, 0.05) is 0 Å². The second kappa shape index (κ2) is 10.1. The van der Waals surface area contributed by atoms with Crippen molar-refractivity contribution in [3.63, 3.8) is 0 Å². The molecule has 2 saturated heterocycles. The molecule has 1 aliphatic carbocycles. The van der Waals surface area contributed by atoms with Crippen LogP contribution in [0.1, 0.15) is 6.42 Å². The molecule has 14 nitrogen and oxygen atoms in total. The van der Waals surface area contributed by atoms with Crippen molar-refractivity contribution >= 4 is 0 Å². The molecule has 16 N–H and O–H groups in total. The topological polar surface area (TPSA) is 261 Å². The molecule has 0 radical (unpaired) electrons. The first-order chi connectivity index (χ1) is 14.6. The van der Waals surface area contributed by atoms with E-state index in [-0.39, 0.29) is 0 Å². The van der Waals surface area contributed by atoms with E-state index in [1.165, 1.54) is 0 Å². The fourth-order valence-electron chi connectivity index (χ4n) is 4.30. The predicted molar refractivity (Wildman–Crippen MR) is 95.9 cm³/mol. The molecule has 14 atom stereocenters. The summed E-state index contributed by atoms with van der Waals surface area (Å²) in [5, 5.41) is 69.8. The summed E-state index contributed by atoms with van der Waals surface area (Å²) in [6.07, 6.45) is -13.0. The smallest absolute Gasteiger partial charge is 0.214 e. The van der Waals surface area contributed by atoms with E-state index in [0.717, 1.165) is 0 Å². The van der Waals surface area contributed by atoms with Gasteiger partial charge in [0.15, 0.2) is 12.3 Å². The molecule has 14 heteroatoms. The molecule has 182 valence electrons. The highest BCUT2D eigenvalue weighted by Gasteiger charge is 2.54. The van der Waals surface area contributed by atoms with Crippen LogP contribution in [0.2, 0.25) is 0 Å². The summed E-state index contributed by atoms with van der Waals surface area (Å²) in [6.45, 7) is -1.10. The zero-order valence-electron chi connectivity index (χ0n) is 17.1. The average Bonchev–Trinajstić information content (AvgIpc) is 3.02. The molecule has 3 aliphatic rings. The lowest BCUT2D eigenvalue weighted by Gasteiger charge is -2.44. The third-order valence-corrected chi connectivity index (χ3v) is 6.30. The van der Waals surface area contributed by atoms with Crippen molar-refractivity contribution < 1.29 is 71.9 Å². The minimum atomic E-state index is -1.47. The molecule has 0 aromatic carbocycles. The summed E-state index contributed by atoms with van der Waals surface area (Å²) in [7, 11) is 0. The average molecular weight is 458 g/mol. The highest BCUT2D eigenvalue weighted by Crippen LogP contribution is 2.31. The van der Waals surface area contributed by atoms with E-state index in [9.17, 15) is 35.7 Å². The molecule has 31 heavy (non-hydrogen) atoms. The van der Waals surface area contributed by atoms with Gasteiger partial charge in [0.1, 0.15) is 67.0 Å². The van der Waals surface area contributed by atoms with Crippen molar-refractivity contribution in [1.82, 2.24) is 0 Å². The van der Waals surface area contributed by atoms with Crippen LogP contribution in [0.4, 0.5) is 0 Å². The van der Waals surface area contributed by atoms with Crippen molar-refractivity contribution in [3.8, 4) is 0 Å². The Kier molecular flexibility index (Phi) is 8.21. The minimum Gasteiger partial charge on any atom is -0.394 e. The van der Waals surface area contributed by atoms with E-state index in [2.05, 4.69) is 17.2 Å². The van der Waals surface area contributed by atoms with Crippen LogP contribution < -0.4 is 17.2 Å². The zero-order valence-corrected chi connectivity index (χ0v) is 17.1. The van der Waals surface area contributed by atoms with Crippen molar-refractivity contribution in [1.29, 1.82) is 0 Å². The van der Waals surface area contributed by atoms with Crippen LogP contribution in [0.5, 0.6) is 0 Å². The molecule has 0 unspecified atom stereocenters. The quantitative estimate of drug-likeness (QED) is 0.178. The van der Waals surface area contributed by atoms with Gasteiger partial charge in [0.05, 0.1) is 19.6 Å². The molecule has 2 heterocycles. The Morgan fingerprint density at radius 1 is 0.645 bits per heavy atom. The number of quaternary nitrogens is 3. The number of aliphatic hydroxyl groups is 7. The summed E-state index contributed by atoms with van der Waals surface area (Å²) < 4.78 is 22.7. The van der Waals surface area contributed by atoms with E-state index in [1.807, 2.05) is 0 Å². The Bertz CT molecular complexity index is 590. The third-order valence-electron chi connectivity index (χ3n) is 6.30. The molecular weight excluding hydrogens is 422 g/mol. The van der Waals surface area contributed by atoms with E-state index < -0.39 is 98.9 Å². The Balaban J connectivity index is 1.78. The number of hydrogen-bond donors (Lipinski definition) is 10. The van der Waals surface area contributed by atoms with Crippen molar-refractivity contribution in [2.24, 2.45) is 0 Å². The van der Waals surface area contributed by atoms with Crippen molar-refractivity contribution in [2.75, 3.05) is 13.2 Å². The maximum atomic E-state index is 10.7. The standard InChI is InChI=1S/C17H33N3O11/c18-4-1-5(19)14(30-16-8(20)12(26)10(24)6(2-21)28-16)15(9(4)23)31-17-13(27)11(25)7(3-22)29-17/h4-17,21-27H,1-3,18-20H2/p+3/t4-,5+,6-,7-,8-,9+,10-,11-,12-,13-,14-,15-,16-,17+/m1/s1. The first-order valence-corrected chi connectivity index (χ1v) is 10.3. The van der Waals surface area contributed by atoms with E-state index in [0.29, 0.717) is 6.42 Å². The molecule has 0 spiro atoms. The van der Waals surface area contributed by atoms with Gasteiger partial charge in [-0.2, -0.15) is 0 Å². The van der Waals surface area contributed by atoms with Crippen molar-refractivity contribution in [3.05, 3.63) is 0 Å². The monoisotopic (exact) mass is 458 g/mol. The van der Waals surface area contributed by atoms with E-state index in [4.69, 9.17) is 18.9 Å². The van der Waals surface area contributed by atoms with Crippen LogP contribution in [0.3, 0.4) is 0 Å². The molecule has 0 bridgehead atoms. The second-order valence-corrected chi connectivity index (χ2v) is 8.53. The molecule has 0 aromatic heterocycles. The minimum absolute atomic E-state index is 0.366. The molecule has 0 aromatic rings. The van der Waals surface area contributed by atoms with Crippen LogP contribution in [0, 0.1) is 0 Å². The molecule has 0 amide bonds. The summed E-state index contributed by atoms with van der Waals surface area (Å²) >= 11 is 0. The maximum absolute atomic E-state index is 10.7. The predicted octanol–water partition coefficient (Wildman–Crippen LogP) is -8.77. The fourth-order valence-corrected chi connectivity index (χ4v) is 4.30. The Morgan fingerprint density at radius 2 is 1.16 bits per heavy atom. The molecular formula is C17H36N3O11+3. The number of aliphatic hydroxyl groups excluding tert-OH is 7. The SMILES string of the molecule is [NH3+][C@H]1[C@@H](O[C@H]2[C@H](O[C@@H]3O[C@H](CO)[C@@H](O)[C@H]3O)[C@@H](O)[C@H]([NH3+])C[C@@H]2[NH3+])O[C@H](CO)[C@@H](O)[C@@H]1O. The number of hydrogen-bond acceptors (Lipinski definition) is 11. The van der Waals surface area contributed by atoms with Gasteiger partial charge in [-0.15, -0.1) is 0 Å². The Hall–Kier alpha value is -0.560.